The first-order valence-corrected chi connectivity index (χ1v) is 8.99. The van der Waals surface area contributed by atoms with E-state index in [9.17, 15) is 22.8 Å². The molecule has 0 unspecified atom stereocenters. The van der Waals surface area contributed by atoms with Crippen LogP contribution in [0.1, 0.15) is 27.7 Å². The third-order valence-corrected chi connectivity index (χ3v) is 4.39. The molecule has 2 N–H and O–H groups in total. The predicted molar refractivity (Wildman–Crippen MR) is 104 cm³/mol. The molecule has 10 heteroatoms. The molecule has 0 radical (unpaired) electrons. The van der Waals surface area contributed by atoms with Gasteiger partial charge in [0.2, 0.25) is 0 Å². The third kappa shape index (κ3) is 4.74. The normalized spacial score (nSPS) is 12.5. The van der Waals surface area contributed by atoms with E-state index in [1.807, 2.05) is 0 Å². The number of oxazole rings is 1. The van der Waals surface area contributed by atoms with Gasteiger partial charge in [0.25, 0.3) is 5.91 Å². The second-order valence-electron chi connectivity index (χ2n) is 6.50. The van der Waals surface area contributed by atoms with E-state index in [0.29, 0.717) is 22.4 Å². The molecular formula is C21H14F3N3O4. The first kappa shape index (κ1) is 20.2. The summed E-state index contributed by atoms with van der Waals surface area (Å²) in [5, 5.41) is 2.82. The highest BCUT2D eigenvalue weighted by Crippen LogP contribution is 2.27. The number of hydrogen-bond acceptors (Lipinski definition) is 5. The number of pyridine rings is 1. The number of benzene rings is 2. The fourth-order valence-electron chi connectivity index (χ4n) is 3.04. The minimum atomic E-state index is -4.80. The molecule has 0 aliphatic carbocycles. The maximum Gasteiger partial charge on any atom is 0.573 e. The smallest absolute Gasteiger partial charge is 0.408 e. The summed E-state index contributed by atoms with van der Waals surface area (Å²) in [5.41, 5.74) is 1.91. The fraction of sp³-hybridized carbons (Fsp3) is 0.0952. The zero-order valence-corrected chi connectivity index (χ0v) is 15.6. The average Bonchev–Trinajstić information content (AvgIpc) is 3.11. The summed E-state index contributed by atoms with van der Waals surface area (Å²) in [6.45, 7) is 0. The molecule has 4 aromatic rings. The molecule has 0 saturated heterocycles. The molecule has 31 heavy (non-hydrogen) atoms. The SMILES string of the molecule is O=C(N[C@@H](c1ccc(OC(F)(F)F)cc1)c1ccccn1)c1ccc2oc(=O)[nH]c2c1. The minimum absolute atomic E-state index is 0.252. The summed E-state index contributed by atoms with van der Waals surface area (Å²) in [4.78, 5) is 30.9. The maximum atomic E-state index is 12.9. The summed E-state index contributed by atoms with van der Waals surface area (Å²) in [7, 11) is 0. The Hall–Kier alpha value is -4.08. The number of hydrogen-bond donors (Lipinski definition) is 2. The third-order valence-electron chi connectivity index (χ3n) is 4.39. The highest BCUT2D eigenvalue weighted by atomic mass is 19.4. The molecule has 2 heterocycles. The van der Waals surface area contributed by atoms with Crippen molar-refractivity contribution in [3.8, 4) is 5.75 Å². The van der Waals surface area contributed by atoms with Crippen LogP contribution in [0.5, 0.6) is 5.75 Å². The molecule has 4 rings (SSSR count). The molecule has 2 aromatic carbocycles. The Balaban J connectivity index is 1.63. The summed E-state index contributed by atoms with van der Waals surface area (Å²) in [6, 6.07) is 14.0. The number of fused-ring (bicyclic) bond motifs is 1. The number of ether oxygens (including phenoxy) is 1. The number of amides is 1. The number of aromatic nitrogens is 2. The van der Waals surface area contributed by atoms with Gasteiger partial charge in [0.1, 0.15) is 5.75 Å². The predicted octanol–water partition coefficient (Wildman–Crippen LogP) is 3.93. The Labute approximate surface area is 172 Å². The summed E-state index contributed by atoms with van der Waals surface area (Å²) in [6.07, 6.45) is -3.26. The molecule has 0 aliphatic heterocycles. The van der Waals surface area contributed by atoms with Gasteiger partial charge < -0.3 is 14.5 Å². The van der Waals surface area contributed by atoms with Crippen LogP contribution in [0.4, 0.5) is 13.2 Å². The van der Waals surface area contributed by atoms with E-state index in [0.717, 1.165) is 12.1 Å². The van der Waals surface area contributed by atoms with Gasteiger partial charge in [-0.15, -0.1) is 13.2 Å². The first-order chi connectivity index (χ1) is 14.8. The molecule has 0 spiro atoms. The topological polar surface area (TPSA) is 97.2 Å². The van der Waals surface area contributed by atoms with Gasteiger partial charge in [0.05, 0.1) is 17.3 Å². The standard InChI is InChI=1S/C21H14F3N3O4/c22-21(23,24)31-14-7-4-12(5-8-14)18(15-3-1-2-10-25-15)27-19(28)13-6-9-17-16(11-13)26-20(29)30-17/h1-11,18H,(H,26,29)(H,27,28)/t18-/m0/s1. The van der Waals surface area contributed by atoms with Crippen molar-refractivity contribution in [3.05, 3.63) is 94.2 Å². The molecule has 1 atom stereocenters. The molecule has 0 aliphatic rings. The number of rotatable bonds is 5. The van der Waals surface area contributed by atoms with Crippen LogP contribution >= 0.6 is 0 Å². The van der Waals surface area contributed by atoms with Crippen molar-refractivity contribution in [3.63, 3.8) is 0 Å². The monoisotopic (exact) mass is 429 g/mol. The number of halogens is 3. The molecule has 0 bridgehead atoms. The lowest BCUT2D eigenvalue weighted by Crippen LogP contribution is -2.30. The van der Waals surface area contributed by atoms with Crippen molar-refractivity contribution < 1.29 is 27.1 Å². The molecule has 7 nitrogen and oxygen atoms in total. The van der Waals surface area contributed by atoms with Crippen molar-refractivity contribution >= 4 is 17.0 Å². The van der Waals surface area contributed by atoms with Gasteiger partial charge >= 0.3 is 12.1 Å². The van der Waals surface area contributed by atoms with Crippen LogP contribution in [0.3, 0.4) is 0 Å². The number of nitrogens with one attached hydrogen (secondary N) is 2. The quantitative estimate of drug-likeness (QED) is 0.501. The molecule has 158 valence electrons. The second-order valence-corrected chi connectivity index (χ2v) is 6.50. The number of carbonyl (C=O) groups is 1. The number of H-pyrrole nitrogens is 1. The van der Waals surface area contributed by atoms with E-state index in [1.54, 1.807) is 18.2 Å². The lowest BCUT2D eigenvalue weighted by molar-refractivity contribution is -0.274. The van der Waals surface area contributed by atoms with Gasteiger partial charge in [-0.2, -0.15) is 0 Å². The summed E-state index contributed by atoms with van der Waals surface area (Å²) in [5.74, 6) is -1.49. The largest absolute Gasteiger partial charge is 0.573 e. The van der Waals surface area contributed by atoms with Crippen LogP contribution in [-0.4, -0.2) is 22.2 Å². The highest BCUT2D eigenvalue weighted by molar-refractivity contribution is 5.97. The first-order valence-electron chi connectivity index (χ1n) is 8.99. The van der Waals surface area contributed by atoms with Gasteiger partial charge in [-0.25, -0.2) is 4.79 Å². The number of aromatic amines is 1. The minimum Gasteiger partial charge on any atom is -0.408 e. The van der Waals surface area contributed by atoms with E-state index < -0.39 is 24.1 Å². The zero-order chi connectivity index (χ0) is 22.0. The number of nitrogens with zero attached hydrogens (tertiary/aromatic N) is 1. The Morgan fingerprint density at radius 2 is 1.87 bits per heavy atom. The van der Waals surface area contributed by atoms with Crippen LogP contribution in [0.2, 0.25) is 0 Å². The Bertz CT molecular complexity index is 1270. The summed E-state index contributed by atoms with van der Waals surface area (Å²) >= 11 is 0. The number of alkyl halides is 3. The van der Waals surface area contributed by atoms with Gasteiger partial charge in [0.15, 0.2) is 5.58 Å². The summed E-state index contributed by atoms with van der Waals surface area (Å²) < 4.78 is 46.1. The second kappa shape index (κ2) is 7.98. The Morgan fingerprint density at radius 3 is 2.55 bits per heavy atom. The maximum absolute atomic E-state index is 12.9. The molecule has 2 aromatic heterocycles. The van der Waals surface area contributed by atoms with Crippen molar-refractivity contribution in [2.24, 2.45) is 0 Å². The van der Waals surface area contributed by atoms with Gasteiger partial charge in [-0.3, -0.25) is 14.8 Å². The van der Waals surface area contributed by atoms with Crippen molar-refractivity contribution in [1.29, 1.82) is 0 Å². The lowest BCUT2D eigenvalue weighted by atomic mass is 10.0. The zero-order valence-electron chi connectivity index (χ0n) is 15.6. The Morgan fingerprint density at radius 1 is 1.10 bits per heavy atom. The van der Waals surface area contributed by atoms with Crippen LogP contribution in [-0.2, 0) is 0 Å². The van der Waals surface area contributed by atoms with E-state index in [1.165, 1.54) is 36.5 Å². The fourth-order valence-corrected chi connectivity index (χ4v) is 3.04. The molecule has 1 amide bonds. The van der Waals surface area contributed by atoms with E-state index in [4.69, 9.17) is 4.42 Å². The van der Waals surface area contributed by atoms with E-state index in [2.05, 4.69) is 20.0 Å². The van der Waals surface area contributed by atoms with Gasteiger partial charge in [0, 0.05) is 11.8 Å². The van der Waals surface area contributed by atoms with Crippen LogP contribution in [0.25, 0.3) is 11.1 Å². The number of carbonyl (C=O) groups excluding carboxylic acids is 1. The van der Waals surface area contributed by atoms with Crippen molar-refractivity contribution in [2.45, 2.75) is 12.4 Å². The van der Waals surface area contributed by atoms with E-state index >= 15 is 0 Å². The molecule has 0 fully saturated rings. The molecular weight excluding hydrogens is 415 g/mol. The van der Waals surface area contributed by atoms with Crippen molar-refractivity contribution in [1.82, 2.24) is 15.3 Å². The average molecular weight is 429 g/mol. The van der Waals surface area contributed by atoms with Gasteiger partial charge in [-0.05, 0) is 48.0 Å². The van der Waals surface area contributed by atoms with Crippen LogP contribution in [0.15, 0.2) is 76.1 Å². The van der Waals surface area contributed by atoms with Crippen molar-refractivity contribution in [2.75, 3.05) is 0 Å². The Kier molecular flexibility index (Phi) is 5.20. The van der Waals surface area contributed by atoms with E-state index in [-0.39, 0.29) is 11.3 Å². The van der Waals surface area contributed by atoms with Gasteiger partial charge in [-0.1, -0.05) is 18.2 Å². The van der Waals surface area contributed by atoms with Crippen LogP contribution in [0, 0.1) is 0 Å². The highest BCUT2D eigenvalue weighted by Gasteiger charge is 2.31. The molecule has 0 saturated carbocycles. The lowest BCUT2D eigenvalue weighted by Gasteiger charge is -2.19. The van der Waals surface area contributed by atoms with Crippen LogP contribution < -0.4 is 15.8 Å².